The van der Waals surface area contributed by atoms with Crippen molar-refractivity contribution in [2.24, 2.45) is 5.92 Å². The molecule has 1 aliphatic rings. The molecule has 1 aliphatic carbocycles. The highest BCUT2D eigenvalue weighted by atomic mass is 19.3. The molecular weight excluding hydrogens is 256 g/mol. The Labute approximate surface area is 112 Å². The number of ether oxygens (including phenoxy) is 1. The molecule has 1 amide bonds. The highest BCUT2D eigenvalue weighted by Gasteiger charge is 2.33. The fourth-order valence-electron chi connectivity index (χ4n) is 2.31. The zero-order chi connectivity index (χ0) is 14.4. The van der Waals surface area contributed by atoms with Gasteiger partial charge < -0.3 is 14.7 Å². The highest BCUT2D eigenvalue weighted by Crippen LogP contribution is 2.33. The molecule has 4 nitrogen and oxygen atoms in total. The van der Waals surface area contributed by atoms with Crippen LogP contribution in [0.3, 0.4) is 0 Å². The molecule has 0 bridgehead atoms. The third kappa shape index (κ3) is 4.16. The molecular formula is C13H21F2NO3. The predicted molar refractivity (Wildman–Crippen MR) is 66.6 cm³/mol. The Morgan fingerprint density at radius 3 is 2.32 bits per heavy atom. The molecule has 2 atom stereocenters. The second-order valence-electron chi connectivity index (χ2n) is 4.62. The molecule has 0 radical (unpaired) electrons. The Hall–Kier alpha value is -1.17. The van der Waals surface area contributed by atoms with Crippen LogP contribution < -0.4 is 0 Å². The maximum Gasteiger partial charge on any atom is 0.415 e. The van der Waals surface area contributed by atoms with Crippen molar-refractivity contribution in [2.45, 2.75) is 45.6 Å². The fraction of sp³-hybridized carbons (Fsp3) is 0.769. The first-order chi connectivity index (χ1) is 9.01. The summed E-state index contributed by atoms with van der Waals surface area (Å²) in [6.07, 6.45) is -1.24. The number of hydrogen-bond donors (Lipinski definition) is 1. The molecule has 0 saturated heterocycles. The molecule has 1 fully saturated rings. The molecule has 110 valence electrons. The van der Waals surface area contributed by atoms with Crippen LogP contribution in [0.5, 0.6) is 0 Å². The third-order valence-electron chi connectivity index (χ3n) is 3.47. The normalized spacial score (nSPS) is 22.8. The third-order valence-corrected chi connectivity index (χ3v) is 3.47. The van der Waals surface area contributed by atoms with Gasteiger partial charge in [-0.2, -0.15) is 8.78 Å². The number of hydrogen-bond acceptors (Lipinski definition) is 3. The Bertz CT molecular complexity index is 339. The van der Waals surface area contributed by atoms with Gasteiger partial charge in [0.2, 0.25) is 0 Å². The second-order valence-corrected chi connectivity index (χ2v) is 4.62. The van der Waals surface area contributed by atoms with Gasteiger partial charge in [0, 0.05) is 19.0 Å². The lowest BCUT2D eigenvalue weighted by Gasteiger charge is -2.29. The lowest BCUT2D eigenvalue weighted by Crippen LogP contribution is -2.34. The summed E-state index contributed by atoms with van der Waals surface area (Å²) in [5.41, 5.74) is 0. The van der Waals surface area contributed by atoms with Gasteiger partial charge in [-0.15, -0.1) is 0 Å². The number of amides is 1. The first-order valence-corrected chi connectivity index (χ1v) is 6.71. The van der Waals surface area contributed by atoms with Crippen molar-refractivity contribution in [1.82, 2.24) is 4.90 Å². The molecule has 0 aliphatic heterocycles. The molecule has 1 saturated carbocycles. The van der Waals surface area contributed by atoms with E-state index in [2.05, 4.69) is 0 Å². The lowest BCUT2D eigenvalue weighted by molar-refractivity contribution is 0.0453. The standard InChI is InChI=1S/C13H21F2NO3/c1-3-16(4-2)13(18)19-11(12(14)15)9-7-5-6-8-10(9)17/h9-10,17H,3-8H2,1-2H3/t9-,10-/m1/s1. The summed E-state index contributed by atoms with van der Waals surface area (Å²) in [6, 6.07) is 0. The van der Waals surface area contributed by atoms with Gasteiger partial charge in [-0.3, -0.25) is 0 Å². The van der Waals surface area contributed by atoms with E-state index in [1.54, 1.807) is 13.8 Å². The van der Waals surface area contributed by atoms with Crippen molar-refractivity contribution in [2.75, 3.05) is 13.1 Å². The second kappa shape index (κ2) is 7.43. The van der Waals surface area contributed by atoms with Crippen molar-refractivity contribution in [1.29, 1.82) is 0 Å². The zero-order valence-corrected chi connectivity index (χ0v) is 11.4. The van der Waals surface area contributed by atoms with E-state index in [0.717, 1.165) is 12.8 Å². The molecule has 0 aromatic heterocycles. The number of carbonyl (C=O) groups excluding carboxylic acids is 1. The summed E-state index contributed by atoms with van der Waals surface area (Å²) in [5.74, 6) is -1.44. The molecule has 0 spiro atoms. The molecule has 0 aromatic carbocycles. The Balaban J connectivity index is 2.79. The van der Waals surface area contributed by atoms with Gasteiger partial charge in [-0.25, -0.2) is 4.79 Å². The van der Waals surface area contributed by atoms with E-state index in [1.807, 2.05) is 0 Å². The van der Waals surface area contributed by atoms with Crippen molar-refractivity contribution < 1.29 is 23.4 Å². The van der Waals surface area contributed by atoms with E-state index < -0.39 is 30.0 Å². The SMILES string of the molecule is CCN(CC)C(=O)OC(=C(F)F)[C@@H]1CCCC[C@H]1O. The van der Waals surface area contributed by atoms with E-state index >= 15 is 0 Å². The number of aliphatic hydroxyl groups is 1. The lowest BCUT2D eigenvalue weighted by atomic mass is 9.85. The number of aliphatic hydroxyl groups excluding tert-OH is 1. The number of carbonyl (C=O) groups is 1. The van der Waals surface area contributed by atoms with Crippen molar-refractivity contribution in [3.63, 3.8) is 0 Å². The van der Waals surface area contributed by atoms with Crippen molar-refractivity contribution in [3.8, 4) is 0 Å². The van der Waals surface area contributed by atoms with Crippen molar-refractivity contribution in [3.05, 3.63) is 11.8 Å². The van der Waals surface area contributed by atoms with E-state index in [4.69, 9.17) is 4.74 Å². The quantitative estimate of drug-likeness (QED) is 0.803. The molecule has 0 heterocycles. The van der Waals surface area contributed by atoms with Gasteiger partial charge in [0.1, 0.15) is 0 Å². The highest BCUT2D eigenvalue weighted by molar-refractivity contribution is 5.68. The van der Waals surface area contributed by atoms with Crippen molar-refractivity contribution >= 4 is 6.09 Å². The number of nitrogens with zero attached hydrogens (tertiary/aromatic N) is 1. The van der Waals surface area contributed by atoms with Crippen LogP contribution in [0.25, 0.3) is 0 Å². The Morgan fingerprint density at radius 2 is 1.84 bits per heavy atom. The Morgan fingerprint density at radius 1 is 1.26 bits per heavy atom. The van der Waals surface area contributed by atoms with Gasteiger partial charge in [-0.05, 0) is 26.7 Å². The minimum absolute atomic E-state index is 0.393. The summed E-state index contributed by atoms with van der Waals surface area (Å²) in [6.45, 7) is 4.28. The van der Waals surface area contributed by atoms with Crippen LogP contribution >= 0.6 is 0 Å². The first-order valence-electron chi connectivity index (χ1n) is 6.71. The molecule has 6 heteroatoms. The summed E-state index contributed by atoms with van der Waals surface area (Å²) in [5, 5.41) is 9.78. The average Bonchev–Trinajstić information content (AvgIpc) is 2.38. The average molecular weight is 277 g/mol. The van der Waals surface area contributed by atoms with Gasteiger partial charge in [-0.1, -0.05) is 12.8 Å². The number of halogens is 2. The molecule has 0 unspecified atom stereocenters. The maximum absolute atomic E-state index is 13.0. The smallest absolute Gasteiger partial charge is 0.409 e. The number of rotatable bonds is 4. The van der Waals surface area contributed by atoms with E-state index in [-0.39, 0.29) is 0 Å². The van der Waals surface area contributed by atoms with Crippen LogP contribution in [0, 0.1) is 5.92 Å². The van der Waals surface area contributed by atoms with Crippen LogP contribution in [-0.4, -0.2) is 35.3 Å². The van der Waals surface area contributed by atoms with Crippen LogP contribution in [0.4, 0.5) is 13.6 Å². The Kier molecular flexibility index (Phi) is 6.21. The largest absolute Gasteiger partial charge is 0.415 e. The molecule has 1 N–H and O–H groups in total. The fourth-order valence-corrected chi connectivity index (χ4v) is 2.31. The monoisotopic (exact) mass is 277 g/mol. The predicted octanol–water partition coefficient (Wildman–Crippen LogP) is 3.12. The topological polar surface area (TPSA) is 49.8 Å². The van der Waals surface area contributed by atoms with E-state index in [1.165, 1.54) is 4.90 Å². The van der Waals surface area contributed by atoms with Crippen LogP contribution in [0.2, 0.25) is 0 Å². The molecule has 19 heavy (non-hydrogen) atoms. The van der Waals surface area contributed by atoms with Crippen LogP contribution in [-0.2, 0) is 4.74 Å². The molecule has 1 rings (SSSR count). The van der Waals surface area contributed by atoms with E-state index in [0.29, 0.717) is 25.9 Å². The van der Waals surface area contributed by atoms with Gasteiger partial charge >= 0.3 is 12.2 Å². The van der Waals surface area contributed by atoms with E-state index in [9.17, 15) is 18.7 Å². The maximum atomic E-state index is 13.0. The minimum atomic E-state index is -2.02. The first kappa shape index (κ1) is 15.9. The minimum Gasteiger partial charge on any atom is -0.409 e. The summed E-state index contributed by atoms with van der Waals surface area (Å²) < 4.78 is 30.7. The van der Waals surface area contributed by atoms with Gasteiger partial charge in [0.05, 0.1) is 6.10 Å². The summed E-state index contributed by atoms with van der Waals surface area (Å²) in [7, 11) is 0. The molecule has 0 aromatic rings. The van der Waals surface area contributed by atoms with Gasteiger partial charge in [0.25, 0.3) is 0 Å². The summed E-state index contributed by atoms with van der Waals surface area (Å²) >= 11 is 0. The van der Waals surface area contributed by atoms with Crippen LogP contribution in [0.15, 0.2) is 11.8 Å². The summed E-state index contributed by atoms with van der Waals surface area (Å²) in [4.78, 5) is 13.0. The zero-order valence-electron chi connectivity index (χ0n) is 11.4. The van der Waals surface area contributed by atoms with Gasteiger partial charge in [0.15, 0.2) is 5.76 Å². The van der Waals surface area contributed by atoms with Crippen LogP contribution in [0.1, 0.15) is 39.5 Å².